The van der Waals surface area contributed by atoms with Crippen LogP contribution in [-0.4, -0.2) is 15.7 Å². The number of hydrogen-bond donors (Lipinski definition) is 1. The molecule has 1 heterocycles. The highest BCUT2D eigenvalue weighted by Crippen LogP contribution is 2.12. The van der Waals surface area contributed by atoms with Crippen LogP contribution < -0.4 is 5.73 Å². The van der Waals surface area contributed by atoms with E-state index in [2.05, 4.69) is 16.5 Å². The van der Waals surface area contributed by atoms with Gasteiger partial charge in [-0.1, -0.05) is 17.8 Å². The first kappa shape index (κ1) is 8.07. The van der Waals surface area contributed by atoms with E-state index in [1.54, 1.807) is 18.3 Å². The molecule has 0 saturated carbocycles. The van der Waals surface area contributed by atoms with E-state index in [0.29, 0.717) is 11.0 Å². The van der Waals surface area contributed by atoms with Crippen LogP contribution in [0.5, 0.6) is 0 Å². The Morgan fingerprint density at radius 2 is 2.55 bits per heavy atom. The molecule has 0 atom stereocenters. The highest BCUT2D eigenvalue weighted by Gasteiger charge is 1.94. The van der Waals surface area contributed by atoms with Gasteiger partial charge in [0.2, 0.25) is 0 Å². The van der Waals surface area contributed by atoms with Crippen LogP contribution in [0.25, 0.3) is 0 Å². The molecule has 4 heteroatoms. The Kier molecular flexibility index (Phi) is 2.92. The third-order valence-electron chi connectivity index (χ3n) is 0.985. The topological polar surface area (TPSA) is 51.8 Å². The van der Waals surface area contributed by atoms with Crippen molar-refractivity contribution in [2.45, 2.75) is 5.16 Å². The van der Waals surface area contributed by atoms with Crippen molar-refractivity contribution in [3.63, 3.8) is 0 Å². The van der Waals surface area contributed by atoms with Crippen molar-refractivity contribution in [3.05, 3.63) is 24.9 Å². The molecule has 0 radical (unpaired) electrons. The van der Waals surface area contributed by atoms with E-state index >= 15 is 0 Å². The van der Waals surface area contributed by atoms with Crippen LogP contribution in [0.15, 0.2) is 30.1 Å². The third-order valence-corrected chi connectivity index (χ3v) is 1.84. The molecule has 2 N–H and O–H groups in total. The number of nitrogen functional groups attached to an aromatic ring is 1. The Balaban J connectivity index is 2.63. The number of anilines is 1. The molecule has 0 aliphatic rings. The van der Waals surface area contributed by atoms with Gasteiger partial charge in [-0.05, 0) is 6.07 Å². The fourth-order valence-electron chi connectivity index (χ4n) is 0.557. The quantitative estimate of drug-likeness (QED) is 0.419. The minimum atomic E-state index is 0.506. The van der Waals surface area contributed by atoms with Crippen LogP contribution in [-0.2, 0) is 0 Å². The van der Waals surface area contributed by atoms with Crippen LogP contribution >= 0.6 is 11.8 Å². The SMILES string of the molecule is C=CCSc1nccc(N)n1. The molecule has 0 fully saturated rings. The summed E-state index contributed by atoms with van der Waals surface area (Å²) in [5.74, 6) is 1.32. The number of hydrogen-bond acceptors (Lipinski definition) is 4. The summed E-state index contributed by atoms with van der Waals surface area (Å²) in [5.41, 5.74) is 5.44. The van der Waals surface area contributed by atoms with Crippen molar-refractivity contribution < 1.29 is 0 Å². The van der Waals surface area contributed by atoms with Gasteiger partial charge < -0.3 is 5.73 Å². The molecule has 0 spiro atoms. The zero-order valence-corrected chi connectivity index (χ0v) is 6.84. The predicted octanol–water partition coefficient (Wildman–Crippen LogP) is 1.34. The van der Waals surface area contributed by atoms with Gasteiger partial charge in [-0.25, -0.2) is 9.97 Å². The van der Waals surface area contributed by atoms with Crippen molar-refractivity contribution >= 4 is 17.6 Å². The minimum Gasteiger partial charge on any atom is -0.384 e. The second-order valence-electron chi connectivity index (χ2n) is 1.86. The van der Waals surface area contributed by atoms with E-state index in [4.69, 9.17) is 5.73 Å². The van der Waals surface area contributed by atoms with Gasteiger partial charge in [0.1, 0.15) is 5.82 Å². The number of rotatable bonds is 3. The Hall–Kier alpha value is -1.03. The molecule has 0 bridgehead atoms. The lowest BCUT2D eigenvalue weighted by molar-refractivity contribution is 0.978. The van der Waals surface area contributed by atoms with Crippen molar-refractivity contribution in [2.24, 2.45) is 0 Å². The minimum absolute atomic E-state index is 0.506. The lowest BCUT2D eigenvalue weighted by atomic mass is 10.6. The Morgan fingerprint density at radius 3 is 3.18 bits per heavy atom. The fourth-order valence-corrected chi connectivity index (χ4v) is 1.13. The first-order valence-electron chi connectivity index (χ1n) is 3.15. The monoisotopic (exact) mass is 167 g/mol. The Morgan fingerprint density at radius 1 is 1.73 bits per heavy atom. The molecular formula is C7H9N3S. The normalized spacial score (nSPS) is 9.45. The van der Waals surface area contributed by atoms with Crippen LogP contribution in [0.2, 0.25) is 0 Å². The van der Waals surface area contributed by atoms with Crippen molar-refractivity contribution in [2.75, 3.05) is 11.5 Å². The zero-order chi connectivity index (χ0) is 8.10. The van der Waals surface area contributed by atoms with Gasteiger partial charge in [0.25, 0.3) is 0 Å². The van der Waals surface area contributed by atoms with E-state index in [-0.39, 0.29) is 0 Å². The average Bonchev–Trinajstić information content (AvgIpc) is 2.01. The maximum absolute atomic E-state index is 5.44. The molecule has 11 heavy (non-hydrogen) atoms. The summed E-state index contributed by atoms with van der Waals surface area (Å²) in [6.45, 7) is 3.59. The summed E-state index contributed by atoms with van der Waals surface area (Å²) >= 11 is 1.51. The zero-order valence-electron chi connectivity index (χ0n) is 6.03. The largest absolute Gasteiger partial charge is 0.384 e. The number of nitrogens with two attached hydrogens (primary N) is 1. The highest BCUT2D eigenvalue weighted by atomic mass is 32.2. The molecule has 1 rings (SSSR count). The molecular weight excluding hydrogens is 158 g/mol. The van der Waals surface area contributed by atoms with Crippen LogP contribution in [0.1, 0.15) is 0 Å². The summed E-state index contributed by atoms with van der Waals surface area (Å²) in [5, 5.41) is 0.699. The van der Waals surface area contributed by atoms with Crippen LogP contribution in [0.4, 0.5) is 5.82 Å². The second kappa shape index (κ2) is 3.98. The van der Waals surface area contributed by atoms with Gasteiger partial charge in [-0.15, -0.1) is 6.58 Å². The Bertz CT molecular complexity index is 249. The van der Waals surface area contributed by atoms with Crippen molar-refractivity contribution in [1.29, 1.82) is 0 Å². The molecule has 3 nitrogen and oxygen atoms in total. The van der Waals surface area contributed by atoms with Gasteiger partial charge in [-0.3, -0.25) is 0 Å². The Labute approximate surface area is 69.7 Å². The molecule has 0 aromatic carbocycles. The van der Waals surface area contributed by atoms with Crippen LogP contribution in [0, 0.1) is 0 Å². The molecule has 0 aliphatic carbocycles. The van der Waals surface area contributed by atoms with E-state index in [0.717, 1.165) is 5.75 Å². The van der Waals surface area contributed by atoms with Crippen molar-refractivity contribution in [3.8, 4) is 0 Å². The average molecular weight is 167 g/mol. The molecule has 0 amide bonds. The van der Waals surface area contributed by atoms with Crippen LogP contribution in [0.3, 0.4) is 0 Å². The molecule has 0 aliphatic heterocycles. The van der Waals surface area contributed by atoms with E-state index < -0.39 is 0 Å². The molecule has 0 unspecified atom stereocenters. The molecule has 58 valence electrons. The summed E-state index contributed by atoms with van der Waals surface area (Å²) < 4.78 is 0. The predicted molar refractivity (Wildman–Crippen MR) is 47.4 cm³/mol. The lowest BCUT2D eigenvalue weighted by Gasteiger charge is -1.95. The van der Waals surface area contributed by atoms with E-state index in [1.807, 2.05) is 0 Å². The fraction of sp³-hybridized carbons (Fsp3) is 0.143. The first-order valence-corrected chi connectivity index (χ1v) is 4.13. The molecule has 0 saturated heterocycles. The van der Waals surface area contributed by atoms with E-state index in [9.17, 15) is 0 Å². The summed E-state index contributed by atoms with van der Waals surface area (Å²) in [7, 11) is 0. The number of aromatic nitrogens is 2. The van der Waals surface area contributed by atoms with Gasteiger partial charge in [0.05, 0.1) is 0 Å². The van der Waals surface area contributed by atoms with Crippen molar-refractivity contribution in [1.82, 2.24) is 9.97 Å². The smallest absolute Gasteiger partial charge is 0.189 e. The standard InChI is InChI=1S/C7H9N3S/c1-2-5-11-7-9-4-3-6(8)10-7/h2-4H,1,5H2,(H2,8,9,10). The summed E-state index contributed by atoms with van der Waals surface area (Å²) in [4.78, 5) is 7.99. The first-order chi connectivity index (χ1) is 5.33. The lowest BCUT2D eigenvalue weighted by Crippen LogP contribution is -1.92. The molecule has 1 aromatic rings. The second-order valence-corrected chi connectivity index (χ2v) is 2.85. The summed E-state index contributed by atoms with van der Waals surface area (Å²) in [6.07, 6.45) is 3.45. The number of nitrogens with zero attached hydrogens (tertiary/aromatic N) is 2. The highest BCUT2D eigenvalue weighted by molar-refractivity contribution is 7.99. The summed E-state index contributed by atoms with van der Waals surface area (Å²) in [6, 6.07) is 1.66. The van der Waals surface area contributed by atoms with Gasteiger partial charge in [0.15, 0.2) is 5.16 Å². The number of thioether (sulfide) groups is 1. The van der Waals surface area contributed by atoms with Gasteiger partial charge >= 0.3 is 0 Å². The molecule has 1 aromatic heterocycles. The van der Waals surface area contributed by atoms with E-state index in [1.165, 1.54) is 11.8 Å². The van der Waals surface area contributed by atoms with Gasteiger partial charge in [0, 0.05) is 11.9 Å². The maximum atomic E-state index is 5.44. The maximum Gasteiger partial charge on any atom is 0.189 e. The third kappa shape index (κ3) is 2.59. The van der Waals surface area contributed by atoms with Gasteiger partial charge in [-0.2, -0.15) is 0 Å².